The number of rotatable bonds is 8. The van der Waals surface area contributed by atoms with Crippen LogP contribution in [0.15, 0.2) is 0 Å². The Bertz CT molecular complexity index is 293. The second-order valence-electron chi connectivity index (χ2n) is 6.10. The Kier molecular flexibility index (Phi) is 7.29. The maximum atomic E-state index is 11.7. The maximum Gasteiger partial charge on any atom is 0.133 e. The van der Waals surface area contributed by atoms with Crippen molar-refractivity contribution in [3.8, 4) is 0 Å². The van der Waals surface area contributed by atoms with Gasteiger partial charge in [0.05, 0.1) is 0 Å². The van der Waals surface area contributed by atoms with E-state index in [1.54, 1.807) is 6.92 Å². The van der Waals surface area contributed by atoms with Gasteiger partial charge >= 0.3 is 0 Å². The summed E-state index contributed by atoms with van der Waals surface area (Å²) in [5.74, 6) is 1.32. The van der Waals surface area contributed by atoms with Crippen LogP contribution in [0.4, 0.5) is 0 Å². The molecule has 0 spiro atoms. The van der Waals surface area contributed by atoms with Crippen molar-refractivity contribution in [2.24, 2.45) is 5.92 Å². The van der Waals surface area contributed by atoms with Gasteiger partial charge in [0.25, 0.3) is 0 Å². The molecule has 0 aromatic rings. The zero-order valence-electron chi connectivity index (χ0n) is 12.8. The summed E-state index contributed by atoms with van der Waals surface area (Å²) in [7, 11) is 2.12. The van der Waals surface area contributed by atoms with E-state index in [9.17, 15) is 9.59 Å². The molecule has 1 fully saturated rings. The number of carbonyl (C=O) groups excluding carboxylic acids is 2. The minimum absolute atomic E-state index is 0.269. The van der Waals surface area contributed by atoms with Crippen LogP contribution in [0.5, 0.6) is 0 Å². The fourth-order valence-corrected chi connectivity index (χ4v) is 3.01. The lowest BCUT2D eigenvalue weighted by Crippen LogP contribution is -2.36. The van der Waals surface area contributed by atoms with E-state index in [2.05, 4.69) is 18.9 Å². The Morgan fingerprint density at radius 1 is 1.11 bits per heavy atom. The van der Waals surface area contributed by atoms with Crippen molar-refractivity contribution >= 4 is 11.6 Å². The Balaban J connectivity index is 2.24. The van der Waals surface area contributed by atoms with Gasteiger partial charge in [-0.1, -0.05) is 6.92 Å². The zero-order valence-corrected chi connectivity index (χ0v) is 12.8. The molecule has 3 heteroatoms. The van der Waals surface area contributed by atoms with Crippen LogP contribution in [0, 0.1) is 5.92 Å². The summed E-state index contributed by atoms with van der Waals surface area (Å²) in [6.07, 6.45) is 7.87. The number of hydrogen-bond acceptors (Lipinski definition) is 3. The van der Waals surface area contributed by atoms with Gasteiger partial charge in [0, 0.05) is 31.8 Å². The van der Waals surface area contributed by atoms with Crippen LogP contribution < -0.4 is 0 Å². The number of nitrogens with zero attached hydrogens (tertiary/aromatic N) is 1. The molecule has 3 nitrogen and oxygen atoms in total. The normalized spacial score (nSPS) is 23.6. The topological polar surface area (TPSA) is 37.4 Å². The molecule has 19 heavy (non-hydrogen) atoms. The molecule has 1 saturated carbocycles. The van der Waals surface area contributed by atoms with Gasteiger partial charge in [-0.05, 0) is 52.0 Å². The van der Waals surface area contributed by atoms with E-state index < -0.39 is 0 Å². The smallest absolute Gasteiger partial charge is 0.133 e. The van der Waals surface area contributed by atoms with Crippen molar-refractivity contribution in [1.82, 2.24) is 4.90 Å². The largest absolute Gasteiger partial charge is 0.303 e. The first kappa shape index (κ1) is 16.4. The highest BCUT2D eigenvalue weighted by molar-refractivity contribution is 5.78. The molecule has 0 aromatic heterocycles. The van der Waals surface area contributed by atoms with E-state index in [1.807, 2.05) is 0 Å². The van der Waals surface area contributed by atoms with Crippen LogP contribution in [0.2, 0.25) is 0 Å². The first-order valence-corrected chi connectivity index (χ1v) is 7.74. The highest BCUT2D eigenvalue weighted by atomic mass is 16.1. The molecule has 0 saturated heterocycles. The molecule has 0 amide bonds. The summed E-state index contributed by atoms with van der Waals surface area (Å²) in [6.45, 7) is 4.60. The standard InChI is InChI=1S/C16H29NO2/c1-4-5-16(19)12-14-6-8-15(9-7-14)17(3)11-10-13(2)18/h14-15H,4-12H2,1-3H3. The Hall–Kier alpha value is -0.700. The summed E-state index contributed by atoms with van der Waals surface area (Å²) < 4.78 is 0. The molecular formula is C16H29NO2. The van der Waals surface area contributed by atoms with Gasteiger partial charge in [-0.15, -0.1) is 0 Å². The molecule has 0 atom stereocenters. The second-order valence-corrected chi connectivity index (χ2v) is 6.10. The van der Waals surface area contributed by atoms with Crippen LogP contribution >= 0.6 is 0 Å². The van der Waals surface area contributed by atoms with E-state index in [0.29, 0.717) is 24.2 Å². The van der Waals surface area contributed by atoms with E-state index in [0.717, 1.165) is 25.8 Å². The van der Waals surface area contributed by atoms with E-state index in [-0.39, 0.29) is 5.78 Å². The highest BCUT2D eigenvalue weighted by Crippen LogP contribution is 2.29. The van der Waals surface area contributed by atoms with Crippen LogP contribution in [0.25, 0.3) is 0 Å². The third-order valence-electron chi connectivity index (χ3n) is 4.30. The molecule has 0 aliphatic heterocycles. The molecule has 1 aliphatic rings. The lowest BCUT2D eigenvalue weighted by atomic mass is 9.82. The SMILES string of the molecule is CCCC(=O)CC1CCC(N(C)CCC(C)=O)CC1. The van der Waals surface area contributed by atoms with Gasteiger partial charge in [-0.3, -0.25) is 9.59 Å². The molecule has 0 radical (unpaired) electrons. The minimum atomic E-state index is 0.269. The number of carbonyl (C=O) groups is 2. The molecule has 0 aromatic carbocycles. The van der Waals surface area contributed by atoms with Crippen LogP contribution in [0.1, 0.15) is 65.2 Å². The summed E-state index contributed by atoms with van der Waals surface area (Å²) >= 11 is 0. The second kappa shape index (κ2) is 8.47. The van der Waals surface area contributed by atoms with Gasteiger partial charge in [0.15, 0.2) is 0 Å². The maximum absolute atomic E-state index is 11.7. The van der Waals surface area contributed by atoms with Gasteiger partial charge in [-0.25, -0.2) is 0 Å². The molecule has 1 aliphatic carbocycles. The van der Waals surface area contributed by atoms with Crippen LogP contribution in [0.3, 0.4) is 0 Å². The fourth-order valence-electron chi connectivity index (χ4n) is 3.01. The third kappa shape index (κ3) is 6.33. The van der Waals surface area contributed by atoms with E-state index in [4.69, 9.17) is 0 Å². The van der Waals surface area contributed by atoms with Crippen molar-refractivity contribution in [3.05, 3.63) is 0 Å². The Morgan fingerprint density at radius 3 is 2.26 bits per heavy atom. The van der Waals surface area contributed by atoms with Gasteiger partial charge < -0.3 is 4.90 Å². The fraction of sp³-hybridized carbons (Fsp3) is 0.875. The molecule has 0 heterocycles. The number of Topliss-reactive ketones (excluding diaryl/α,β-unsaturated/α-hetero) is 2. The summed E-state index contributed by atoms with van der Waals surface area (Å²) in [5, 5.41) is 0. The minimum Gasteiger partial charge on any atom is -0.303 e. The third-order valence-corrected chi connectivity index (χ3v) is 4.30. The van der Waals surface area contributed by atoms with Crippen molar-refractivity contribution in [3.63, 3.8) is 0 Å². The first-order valence-electron chi connectivity index (χ1n) is 7.74. The zero-order chi connectivity index (χ0) is 14.3. The lowest BCUT2D eigenvalue weighted by Gasteiger charge is -2.34. The summed E-state index contributed by atoms with van der Waals surface area (Å²) in [4.78, 5) is 25.0. The summed E-state index contributed by atoms with van der Waals surface area (Å²) in [6, 6.07) is 0.608. The van der Waals surface area contributed by atoms with Gasteiger partial charge in [0.2, 0.25) is 0 Å². The molecule has 1 rings (SSSR count). The molecule has 0 unspecified atom stereocenters. The molecule has 0 bridgehead atoms. The number of hydrogen-bond donors (Lipinski definition) is 0. The van der Waals surface area contributed by atoms with Crippen molar-refractivity contribution in [2.45, 2.75) is 71.3 Å². The summed E-state index contributed by atoms with van der Waals surface area (Å²) in [5.41, 5.74) is 0. The van der Waals surface area contributed by atoms with Crippen LogP contribution in [-0.4, -0.2) is 36.1 Å². The van der Waals surface area contributed by atoms with E-state index >= 15 is 0 Å². The van der Waals surface area contributed by atoms with Crippen molar-refractivity contribution in [2.75, 3.05) is 13.6 Å². The highest BCUT2D eigenvalue weighted by Gasteiger charge is 2.25. The predicted molar refractivity (Wildman–Crippen MR) is 78.2 cm³/mol. The number of ketones is 2. The quantitative estimate of drug-likeness (QED) is 0.677. The Labute approximate surface area is 117 Å². The molecule has 110 valence electrons. The van der Waals surface area contributed by atoms with Crippen molar-refractivity contribution in [1.29, 1.82) is 0 Å². The lowest BCUT2D eigenvalue weighted by molar-refractivity contribution is -0.120. The van der Waals surface area contributed by atoms with Crippen molar-refractivity contribution < 1.29 is 9.59 Å². The van der Waals surface area contributed by atoms with E-state index in [1.165, 1.54) is 25.7 Å². The van der Waals surface area contributed by atoms with Gasteiger partial charge in [-0.2, -0.15) is 0 Å². The monoisotopic (exact) mass is 267 g/mol. The molecular weight excluding hydrogens is 238 g/mol. The first-order chi connectivity index (χ1) is 9.02. The van der Waals surface area contributed by atoms with Gasteiger partial charge in [0.1, 0.15) is 11.6 Å². The Morgan fingerprint density at radius 2 is 1.74 bits per heavy atom. The predicted octanol–water partition coefficient (Wildman–Crippen LogP) is 3.22. The average molecular weight is 267 g/mol. The molecule has 0 N–H and O–H groups in total. The van der Waals surface area contributed by atoms with Crippen LogP contribution in [-0.2, 0) is 9.59 Å². The average Bonchev–Trinajstić information content (AvgIpc) is 2.37.